The lowest BCUT2D eigenvalue weighted by Gasteiger charge is -2.31. The maximum absolute atomic E-state index is 12.0. The van der Waals surface area contributed by atoms with E-state index < -0.39 is 0 Å². The van der Waals surface area contributed by atoms with Crippen molar-refractivity contribution in [2.75, 3.05) is 32.0 Å². The summed E-state index contributed by atoms with van der Waals surface area (Å²) in [5.41, 5.74) is 0.861. The maximum atomic E-state index is 12.0. The smallest absolute Gasteiger partial charge is 0.321 e. The molecule has 1 saturated heterocycles. The lowest BCUT2D eigenvalue weighted by atomic mass is 9.97. The lowest BCUT2D eigenvalue weighted by molar-refractivity contribution is 0.182. The van der Waals surface area contributed by atoms with E-state index in [1.165, 1.54) is 0 Å². The van der Waals surface area contributed by atoms with Gasteiger partial charge in [-0.2, -0.15) is 0 Å². The van der Waals surface area contributed by atoms with Crippen molar-refractivity contribution in [1.82, 2.24) is 10.2 Å². The number of amides is 2. The van der Waals surface area contributed by atoms with Crippen LogP contribution in [0.15, 0.2) is 30.3 Å². The van der Waals surface area contributed by atoms with E-state index in [0.29, 0.717) is 5.92 Å². The molecule has 5 heteroatoms. The first-order valence-electron chi connectivity index (χ1n) is 6.55. The second kappa shape index (κ2) is 8.02. The summed E-state index contributed by atoms with van der Waals surface area (Å²) in [6, 6.07) is 9.63. The molecule has 1 fully saturated rings. The van der Waals surface area contributed by atoms with Crippen molar-refractivity contribution in [1.29, 1.82) is 0 Å². The van der Waals surface area contributed by atoms with Crippen LogP contribution in [0.5, 0.6) is 0 Å². The zero-order chi connectivity index (χ0) is 12.8. The summed E-state index contributed by atoms with van der Waals surface area (Å²) in [7, 11) is 1.98. The molecule has 1 aromatic rings. The van der Waals surface area contributed by atoms with Crippen molar-refractivity contribution < 1.29 is 4.79 Å². The van der Waals surface area contributed by atoms with Crippen LogP contribution >= 0.6 is 12.4 Å². The maximum Gasteiger partial charge on any atom is 0.321 e. The number of anilines is 1. The number of carbonyl (C=O) groups is 1. The molecule has 4 nitrogen and oxygen atoms in total. The topological polar surface area (TPSA) is 44.4 Å². The Bertz CT molecular complexity index is 378. The van der Waals surface area contributed by atoms with Gasteiger partial charge in [0, 0.05) is 18.8 Å². The second-order valence-electron chi connectivity index (χ2n) is 4.78. The van der Waals surface area contributed by atoms with E-state index in [1.54, 1.807) is 0 Å². The Labute approximate surface area is 121 Å². The van der Waals surface area contributed by atoms with E-state index in [1.807, 2.05) is 42.3 Å². The number of benzene rings is 1. The fourth-order valence-electron chi connectivity index (χ4n) is 2.35. The van der Waals surface area contributed by atoms with Crippen molar-refractivity contribution in [2.45, 2.75) is 12.8 Å². The monoisotopic (exact) mass is 283 g/mol. The van der Waals surface area contributed by atoms with Gasteiger partial charge < -0.3 is 15.5 Å². The molecule has 0 spiro atoms. The molecular weight excluding hydrogens is 262 g/mol. The minimum absolute atomic E-state index is 0. The molecule has 1 heterocycles. The van der Waals surface area contributed by atoms with Crippen LogP contribution in [0.2, 0.25) is 0 Å². The third kappa shape index (κ3) is 4.73. The number of hydrogen-bond donors (Lipinski definition) is 2. The number of nitrogens with one attached hydrogen (secondary N) is 2. The highest BCUT2D eigenvalue weighted by molar-refractivity contribution is 5.89. The van der Waals surface area contributed by atoms with E-state index in [4.69, 9.17) is 0 Å². The van der Waals surface area contributed by atoms with Gasteiger partial charge in [0.05, 0.1) is 0 Å². The predicted molar refractivity (Wildman–Crippen MR) is 80.9 cm³/mol. The number of nitrogens with zero attached hydrogens (tertiary/aromatic N) is 1. The highest BCUT2D eigenvalue weighted by atomic mass is 35.5. The zero-order valence-corrected chi connectivity index (χ0v) is 12.1. The Morgan fingerprint density at radius 3 is 2.47 bits per heavy atom. The fourth-order valence-corrected chi connectivity index (χ4v) is 2.35. The van der Waals surface area contributed by atoms with Crippen molar-refractivity contribution in [3.63, 3.8) is 0 Å². The first-order valence-corrected chi connectivity index (χ1v) is 6.55. The Balaban J connectivity index is 0.00000180. The molecule has 1 aromatic carbocycles. The van der Waals surface area contributed by atoms with Crippen LogP contribution in [-0.2, 0) is 0 Å². The number of halogens is 1. The molecule has 0 radical (unpaired) electrons. The number of piperidine rings is 1. The van der Waals surface area contributed by atoms with Crippen LogP contribution in [0.3, 0.4) is 0 Å². The first kappa shape index (κ1) is 15.8. The van der Waals surface area contributed by atoms with E-state index in [2.05, 4.69) is 10.6 Å². The van der Waals surface area contributed by atoms with Gasteiger partial charge in [0.25, 0.3) is 0 Å². The summed E-state index contributed by atoms with van der Waals surface area (Å²) >= 11 is 0. The average molecular weight is 284 g/mol. The largest absolute Gasteiger partial charge is 0.325 e. The molecule has 2 N–H and O–H groups in total. The van der Waals surface area contributed by atoms with Crippen LogP contribution in [0.1, 0.15) is 12.8 Å². The summed E-state index contributed by atoms with van der Waals surface area (Å²) in [6.45, 7) is 2.75. The summed E-state index contributed by atoms with van der Waals surface area (Å²) in [4.78, 5) is 13.9. The Morgan fingerprint density at radius 1 is 1.26 bits per heavy atom. The van der Waals surface area contributed by atoms with Gasteiger partial charge in [0.15, 0.2) is 0 Å². The van der Waals surface area contributed by atoms with Crippen LogP contribution in [0.4, 0.5) is 10.5 Å². The van der Waals surface area contributed by atoms with Crippen LogP contribution in [0.25, 0.3) is 0 Å². The molecule has 2 amide bonds. The second-order valence-corrected chi connectivity index (χ2v) is 4.78. The average Bonchev–Trinajstić information content (AvgIpc) is 2.41. The molecule has 19 heavy (non-hydrogen) atoms. The van der Waals surface area contributed by atoms with Gasteiger partial charge in [-0.3, -0.25) is 0 Å². The highest BCUT2D eigenvalue weighted by Crippen LogP contribution is 2.17. The van der Waals surface area contributed by atoms with Gasteiger partial charge in [-0.15, -0.1) is 12.4 Å². The van der Waals surface area contributed by atoms with Gasteiger partial charge in [0.1, 0.15) is 0 Å². The van der Waals surface area contributed by atoms with Gasteiger partial charge in [-0.05, 0) is 44.5 Å². The first-order chi connectivity index (χ1) is 8.79. The zero-order valence-electron chi connectivity index (χ0n) is 11.3. The number of urea groups is 1. The Hall–Kier alpha value is -1.26. The molecule has 1 aliphatic rings. The molecule has 0 aromatic heterocycles. The Morgan fingerprint density at radius 2 is 1.89 bits per heavy atom. The molecule has 2 rings (SSSR count). The van der Waals surface area contributed by atoms with Crippen LogP contribution in [0, 0.1) is 5.92 Å². The van der Waals surface area contributed by atoms with E-state index >= 15 is 0 Å². The van der Waals surface area contributed by atoms with E-state index in [-0.39, 0.29) is 18.4 Å². The summed E-state index contributed by atoms with van der Waals surface area (Å²) in [6.07, 6.45) is 2.17. The molecule has 0 aliphatic carbocycles. The SMILES string of the molecule is CNCC1CCN(C(=O)Nc2ccccc2)CC1.Cl. The van der Waals surface area contributed by atoms with Crippen LogP contribution < -0.4 is 10.6 Å². The summed E-state index contributed by atoms with van der Waals surface area (Å²) < 4.78 is 0. The number of para-hydroxylation sites is 1. The number of rotatable bonds is 3. The van der Waals surface area contributed by atoms with Crippen molar-refractivity contribution in [3.8, 4) is 0 Å². The molecular formula is C14H22ClN3O. The van der Waals surface area contributed by atoms with Gasteiger partial charge in [-0.1, -0.05) is 18.2 Å². The Kier molecular flexibility index (Phi) is 6.67. The molecule has 0 unspecified atom stereocenters. The summed E-state index contributed by atoms with van der Waals surface area (Å²) in [5.74, 6) is 0.704. The highest BCUT2D eigenvalue weighted by Gasteiger charge is 2.22. The minimum atomic E-state index is 0. The third-order valence-corrected chi connectivity index (χ3v) is 3.42. The van der Waals surface area contributed by atoms with Crippen LogP contribution in [-0.4, -0.2) is 37.6 Å². The van der Waals surface area contributed by atoms with Gasteiger partial charge in [-0.25, -0.2) is 4.79 Å². The predicted octanol–water partition coefficient (Wildman–Crippen LogP) is 2.57. The van der Waals surface area contributed by atoms with E-state index in [9.17, 15) is 4.79 Å². The summed E-state index contributed by atoms with van der Waals surface area (Å²) in [5, 5.41) is 6.13. The number of hydrogen-bond acceptors (Lipinski definition) is 2. The normalized spacial score (nSPS) is 15.7. The minimum Gasteiger partial charge on any atom is -0.325 e. The van der Waals surface area contributed by atoms with Gasteiger partial charge >= 0.3 is 6.03 Å². The number of carbonyl (C=O) groups excluding carboxylic acids is 1. The number of likely N-dealkylation sites (tertiary alicyclic amines) is 1. The molecule has 0 saturated carbocycles. The fraction of sp³-hybridized carbons (Fsp3) is 0.500. The van der Waals surface area contributed by atoms with Crippen molar-refractivity contribution in [3.05, 3.63) is 30.3 Å². The van der Waals surface area contributed by atoms with Crippen molar-refractivity contribution >= 4 is 24.1 Å². The third-order valence-electron chi connectivity index (χ3n) is 3.42. The molecule has 1 aliphatic heterocycles. The lowest BCUT2D eigenvalue weighted by Crippen LogP contribution is -2.42. The van der Waals surface area contributed by atoms with Gasteiger partial charge in [0.2, 0.25) is 0 Å². The quantitative estimate of drug-likeness (QED) is 0.895. The molecule has 106 valence electrons. The standard InChI is InChI=1S/C14H21N3O.ClH/c1-15-11-12-7-9-17(10-8-12)14(18)16-13-5-3-2-4-6-13;/h2-6,12,15H,7-11H2,1H3,(H,16,18);1H. The molecule has 0 bridgehead atoms. The van der Waals surface area contributed by atoms with Crippen molar-refractivity contribution in [2.24, 2.45) is 5.92 Å². The van der Waals surface area contributed by atoms with E-state index in [0.717, 1.165) is 38.2 Å². The molecule has 0 atom stereocenters.